The molecule has 23 heavy (non-hydrogen) atoms. The number of hydrogen-bond acceptors (Lipinski definition) is 3. The molecule has 3 rings (SSSR count). The Bertz CT molecular complexity index is 727. The van der Waals surface area contributed by atoms with Gasteiger partial charge in [-0.15, -0.1) is 0 Å². The van der Waals surface area contributed by atoms with E-state index < -0.39 is 17.9 Å². The first-order valence-corrected chi connectivity index (χ1v) is 7.09. The number of halogens is 1. The maximum absolute atomic E-state index is 12.8. The predicted molar refractivity (Wildman–Crippen MR) is 79.8 cm³/mol. The zero-order valence-corrected chi connectivity index (χ0v) is 12.0. The molecule has 2 aromatic rings. The van der Waals surface area contributed by atoms with E-state index in [4.69, 9.17) is 9.84 Å². The highest BCUT2D eigenvalue weighted by atomic mass is 19.1. The van der Waals surface area contributed by atoms with Crippen molar-refractivity contribution < 1.29 is 23.8 Å². The second kappa shape index (κ2) is 6.08. The van der Waals surface area contributed by atoms with E-state index in [1.807, 2.05) is 0 Å². The van der Waals surface area contributed by atoms with Gasteiger partial charge in [0.25, 0.3) is 0 Å². The van der Waals surface area contributed by atoms with Crippen LogP contribution in [-0.4, -0.2) is 23.0 Å². The lowest BCUT2D eigenvalue weighted by Crippen LogP contribution is -2.32. The molecule has 5 nitrogen and oxygen atoms in total. The Hall–Kier alpha value is -2.89. The maximum Gasteiger partial charge on any atom is 0.326 e. The van der Waals surface area contributed by atoms with Crippen LogP contribution in [0.4, 0.5) is 4.39 Å². The molecule has 118 valence electrons. The van der Waals surface area contributed by atoms with Crippen molar-refractivity contribution in [3.05, 3.63) is 59.9 Å². The Morgan fingerprint density at radius 1 is 1.09 bits per heavy atom. The van der Waals surface area contributed by atoms with Crippen LogP contribution in [0.2, 0.25) is 0 Å². The summed E-state index contributed by atoms with van der Waals surface area (Å²) in [6.07, 6.45) is 0.229. The van der Waals surface area contributed by atoms with Crippen LogP contribution in [0, 0.1) is 5.82 Å². The molecule has 1 saturated heterocycles. The minimum Gasteiger partial charge on any atom is -0.480 e. The van der Waals surface area contributed by atoms with Crippen molar-refractivity contribution in [3.63, 3.8) is 0 Å². The topological polar surface area (TPSA) is 75.6 Å². The van der Waals surface area contributed by atoms with E-state index in [2.05, 4.69) is 5.32 Å². The fourth-order valence-electron chi connectivity index (χ4n) is 2.53. The van der Waals surface area contributed by atoms with Crippen molar-refractivity contribution in [3.8, 4) is 11.5 Å². The Balaban J connectivity index is 1.71. The summed E-state index contributed by atoms with van der Waals surface area (Å²) in [5, 5.41) is 11.4. The van der Waals surface area contributed by atoms with Crippen LogP contribution in [-0.2, 0) is 9.59 Å². The first kappa shape index (κ1) is 15.0. The molecule has 1 amide bonds. The van der Waals surface area contributed by atoms with Crippen molar-refractivity contribution in [2.75, 3.05) is 0 Å². The number of carboxylic acid groups (broad SMARTS) is 1. The molecule has 1 aliphatic heterocycles. The summed E-state index contributed by atoms with van der Waals surface area (Å²) in [5.74, 6) is -1.08. The number of nitrogens with one attached hydrogen (secondary N) is 1. The maximum atomic E-state index is 12.8. The number of rotatable bonds is 4. The number of amides is 1. The predicted octanol–water partition coefficient (Wildman–Crippen LogP) is 2.67. The third-order valence-corrected chi connectivity index (χ3v) is 3.73. The van der Waals surface area contributed by atoms with Crippen LogP contribution in [0.25, 0.3) is 0 Å². The molecule has 1 aliphatic rings. The van der Waals surface area contributed by atoms with Crippen molar-refractivity contribution in [1.29, 1.82) is 0 Å². The molecule has 2 atom stereocenters. The van der Waals surface area contributed by atoms with E-state index in [-0.39, 0.29) is 18.1 Å². The summed E-state index contributed by atoms with van der Waals surface area (Å²) < 4.78 is 18.4. The third-order valence-electron chi connectivity index (χ3n) is 3.73. The van der Waals surface area contributed by atoms with Gasteiger partial charge in [0, 0.05) is 0 Å². The van der Waals surface area contributed by atoms with Gasteiger partial charge in [0.05, 0.1) is 5.92 Å². The summed E-state index contributed by atoms with van der Waals surface area (Å²) in [6, 6.07) is 11.6. The highest BCUT2D eigenvalue weighted by Crippen LogP contribution is 2.29. The Kier molecular flexibility index (Phi) is 3.97. The van der Waals surface area contributed by atoms with Gasteiger partial charge >= 0.3 is 5.97 Å². The van der Waals surface area contributed by atoms with Crippen molar-refractivity contribution in [2.24, 2.45) is 0 Å². The number of ether oxygens (including phenoxy) is 1. The van der Waals surface area contributed by atoms with E-state index in [0.717, 1.165) is 5.56 Å². The first-order chi connectivity index (χ1) is 11.0. The van der Waals surface area contributed by atoms with Crippen molar-refractivity contribution >= 4 is 11.9 Å². The summed E-state index contributed by atoms with van der Waals surface area (Å²) >= 11 is 0. The van der Waals surface area contributed by atoms with E-state index in [0.29, 0.717) is 11.5 Å². The number of carbonyl (C=O) groups is 2. The molecule has 0 aromatic heterocycles. The zero-order valence-electron chi connectivity index (χ0n) is 12.0. The Labute approximate surface area is 131 Å². The van der Waals surface area contributed by atoms with E-state index in [1.54, 1.807) is 24.3 Å². The molecule has 0 saturated carbocycles. The van der Waals surface area contributed by atoms with Crippen molar-refractivity contribution in [1.82, 2.24) is 5.32 Å². The lowest BCUT2D eigenvalue weighted by molar-refractivity contribution is -0.140. The molecular formula is C17H14FNO4. The fourth-order valence-corrected chi connectivity index (χ4v) is 2.53. The van der Waals surface area contributed by atoms with Crippen LogP contribution in [0.3, 0.4) is 0 Å². The minimum atomic E-state index is -1.03. The van der Waals surface area contributed by atoms with Gasteiger partial charge in [-0.1, -0.05) is 12.1 Å². The molecule has 2 N–H and O–H groups in total. The highest BCUT2D eigenvalue weighted by molar-refractivity contribution is 5.92. The van der Waals surface area contributed by atoms with Crippen LogP contribution in [0.15, 0.2) is 48.5 Å². The molecule has 0 spiro atoms. The summed E-state index contributed by atoms with van der Waals surface area (Å²) in [6.45, 7) is 0. The molecule has 1 fully saturated rings. The molecular weight excluding hydrogens is 301 g/mol. The third kappa shape index (κ3) is 3.31. The number of benzene rings is 2. The van der Waals surface area contributed by atoms with Gasteiger partial charge in [-0.3, -0.25) is 4.79 Å². The highest BCUT2D eigenvalue weighted by Gasteiger charge is 2.36. The van der Waals surface area contributed by atoms with Gasteiger partial charge in [0.2, 0.25) is 5.91 Å². The number of carboxylic acids is 1. The standard InChI is InChI=1S/C17H14FNO4/c18-11-3-7-13(8-4-11)23-12-5-1-10(2-6-12)14-9-15(17(21)22)19-16(14)20/h1-8,14-15H,9H2,(H,19,20)(H,21,22)/t14-,15+/m0/s1. The Morgan fingerprint density at radius 3 is 2.17 bits per heavy atom. The van der Waals surface area contributed by atoms with Gasteiger partial charge in [-0.05, 0) is 48.4 Å². The molecule has 6 heteroatoms. The van der Waals surface area contributed by atoms with Crippen LogP contribution < -0.4 is 10.1 Å². The zero-order chi connectivity index (χ0) is 16.4. The monoisotopic (exact) mass is 315 g/mol. The van der Waals surface area contributed by atoms with E-state index >= 15 is 0 Å². The Morgan fingerprint density at radius 2 is 1.65 bits per heavy atom. The largest absolute Gasteiger partial charge is 0.480 e. The SMILES string of the molecule is O=C1N[C@@H](C(=O)O)C[C@H]1c1ccc(Oc2ccc(F)cc2)cc1. The summed E-state index contributed by atoms with van der Waals surface area (Å²) in [7, 11) is 0. The smallest absolute Gasteiger partial charge is 0.326 e. The van der Waals surface area contributed by atoms with Crippen molar-refractivity contribution in [2.45, 2.75) is 18.4 Å². The quantitative estimate of drug-likeness (QED) is 0.909. The lowest BCUT2D eigenvalue weighted by Gasteiger charge is -2.09. The fraction of sp³-hybridized carbons (Fsp3) is 0.176. The summed E-state index contributed by atoms with van der Waals surface area (Å²) in [4.78, 5) is 22.8. The van der Waals surface area contributed by atoms with Gasteiger partial charge in [0.1, 0.15) is 23.4 Å². The lowest BCUT2D eigenvalue weighted by atomic mass is 9.96. The number of hydrogen-bond donors (Lipinski definition) is 2. The van der Waals surface area contributed by atoms with Gasteiger partial charge < -0.3 is 15.2 Å². The van der Waals surface area contributed by atoms with Crippen LogP contribution in [0.1, 0.15) is 17.9 Å². The van der Waals surface area contributed by atoms with E-state index in [9.17, 15) is 14.0 Å². The van der Waals surface area contributed by atoms with Crippen LogP contribution in [0.5, 0.6) is 11.5 Å². The number of carbonyl (C=O) groups excluding carboxylic acids is 1. The molecule has 2 aromatic carbocycles. The van der Waals surface area contributed by atoms with Gasteiger partial charge in [0.15, 0.2) is 0 Å². The second-order valence-electron chi connectivity index (χ2n) is 5.31. The molecule has 0 radical (unpaired) electrons. The number of aliphatic carboxylic acids is 1. The second-order valence-corrected chi connectivity index (χ2v) is 5.31. The van der Waals surface area contributed by atoms with E-state index in [1.165, 1.54) is 24.3 Å². The average Bonchev–Trinajstić information content (AvgIpc) is 2.93. The van der Waals surface area contributed by atoms with Crippen LogP contribution >= 0.6 is 0 Å². The molecule has 1 heterocycles. The van der Waals surface area contributed by atoms with Gasteiger partial charge in [-0.25, -0.2) is 9.18 Å². The molecule has 0 aliphatic carbocycles. The first-order valence-electron chi connectivity index (χ1n) is 7.09. The molecule has 0 bridgehead atoms. The normalized spacial score (nSPS) is 20.1. The molecule has 0 unspecified atom stereocenters. The summed E-state index contributed by atoms with van der Waals surface area (Å²) in [5.41, 5.74) is 0.734. The minimum absolute atomic E-state index is 0.229. The van der Waals surface area contributed by atoms with Gasteiger partial charge in [-0.2, -0.15) is 0 Å². The average molecular weight is 315 g/mol.